The number of sulfonamides is 1. The summed E-state index contributed by atoms with van der Waals surface area (Å²) in [5.74, 6) is 0.250. The summed E-state index contributed by atoms with van der Waals surface area (Å²) in [6, 6.07) is 9.70. The van der Waals surface area contributed by atoms with Crippen LogP contribution in [0.4, 0.5) is 5.69 Å². The molecular weight excluding hydrogens is 352 g/mol. The predicted molar refractivity (Wildman–Crippen MR) is 90.8 cm³/mol. The first-order valence-corrected chi connectivity index (χ1v) is 9.06. The van der Waals surface area contributed by atoms with Crippen LogP contribution in [0, 0.1) is 6.92 Å². The summed E-state index contributed by atoms with van der Waals surface area (Å²) in [7, 11) is -3.86. The highest BCUT2D eigenvalue weighted by molar-refractivity contribution is 7.89. The smallest absolute Gasteiger partial charge is 0.265 e. The summed E-state index contributed by atoms with van der Waals surface area (Å²) in [6.45, 7) is 1.63. The van der Waals surface area contributed by atoms with Crippen molar-refractivity contribution in [1.82, 2.24) is 0 Å². The van der Waals surface area contributed by atoms with Gasteiger partial charge in [0.25, 0.3) is 5.91 Å². The molecule has 2 aromatic carbocycles. The molecule has 0 saturated carbocycles. The fraction of sp³-hybridized carbons (Fsp3) is 0.188. The van der Waals surface area contributed by atoms with Crippen LogP contribution in [0.25, 0.3) is 0 Å². The zero-order chi connectivity index (χ0) is 17.5. The molecule has 0 radical (unpaired) electrons. The van der Waals surface area contributed by atoms with Gasteiger partial charge in [-0.2, -0.15) is 0 Å². The molecule has 8 heteroatoms. The lowest BCUT2D eigenvalue weighted by Gasteiger charge is -2.13. The van der Waals surface area contributed by atoms with Crippen molar-refractivity contribution in [3.8, 4) is 5.75 Å². The van der Waals surface area contributed by atoms with Crippen molar-refractivity contribution in [3.05, 3.63) is 52.5 Å². The number of rotatable bonds is 3. The summed E-state index contributed by atoms with van der Waals surface area (Å²) in [4.78, 5) is 12.3. The molecule has 24 heavy (non-hydrogen) atoms. The Morgan fingerprint density at radius 1 is 1.29 bits per heavy atom. The first-order valence-electron chi connectivity index (χ1n) is 7.13. The van der Waals surface area contributed by atoms with Gasteiger partial charge in [0, 0.05) is 17.1 Å². The number of anilines is 1. The molecular formula is C16H15ClN2O4S. The molecule has 3 rings (SSSR count). The van der Waals surface area contributed by atoms with Gasteiger partial charge in [-0.15, -0.1) is 0 Å². The van der Waals surface area contributed by atoms with Crippen LogP contribution < -0.4 is 15.2 Å². The fourth-order valence-corrected chi connectivity index (χ4v) is 3.57. The van der Waals surface area contributed by atoms with Gasteiger partial charge >= 0.3 is 0 Å². The zero-order valence-corrected chi connectivity index (χ0v) is 14.3. The average molecular weight is 367 g/mol. The van der Waals surface area contributed by atoms with E-state index in [-0.39, 0.29) is 10.8 Å². The van der Waals surface area contributed by atoms with Crippen LogP contribution in [0.2, 0.25) is 5.02 Å². The molecule has 126 valence electrons. The van der Waals surface area contributed by atoms with Gasteiger partial charge in [0.2, 0.25) is 10.0 Å². The Bertz CT molecular complexity index is 928. The van der Waals surface area contributed by atoms with Crippen LogP contribution in [0.3, 0.4) is 0 Å². The number of halogens is 1. The Morgan fingerprint density at radius 2 is 2.04 bits per heavy atom. The van der Waals surface area contributed by atoms with Gasteiger partial charge in [-0.25, -0.2) is 13.6 Å². The maximum atomic E-state index is 12.4. The van der Waals surface area contributed by atoms with Gasteiger partial charge in [0.05, 0.1) is 4.90 Å². The lowest BCUT2D eigenvalue weighted by molar-refractivity contribution is -0.122. The number of amides is 1. The predicted octanol–water partition coefficient (Wildman–Crippen LogP) is 2.24. The third-order valence-corrected chi connectivity index (χ3v) is 5.04. The lowest BCUT2D eigenvalue weighted by Crippen LogP contribution is -2.31. The van der Waals surface area contributed by atoms with Crippen LogP contribution in [0.1, 0.15) is 11.1 Å². The van der Waals surface area contributed by atoms with Gasteiger partial charge < -0.3 is 10.1 Å². The highest BCUT2D eigenvalue weighted by Gasteiger charge is 2.29. The topological polar surface area (TPSA) is 98.5 Å². The highest BCUT2D eigenvalue weighted by atomic mass is 35.5. The number of ether oxygens (including phenoxy) is 1. The summed E-state index contributed by atoms with van der Waals surface area (Å²) in [5, 5.41) is 8.41. The number of nitrogens with one attached hydrogen (secondary N) is 1. The maximum Gasteiger partial charge on any atom is 0.265 e. The minimum Gasteiger partial charge on any atom is -0.480 e. The second-order valence-corrected chi connectivity index (χ2v) is 7.54. The van der Waals surface area contributed by atoms with Gasteiger partial charge in [-0.3, -0.25) is 4.79 Å². The molecule has 1 aliphatic rings. The summed E-state index contributed by atoms with van der Waals surface area (Å²) in [6.07, 6.45) is -0.298. The van der Waals surface area contributed by atoms with Crippen molar-refractivity contribution in [2.75, 3.05) is 5.32 Å². The van der Waals surface area contributed by atoms with Crippen LogP contribution in [0.5, 0.6) is 5.75 Å². The first kappa shape index (κ1) is 16.8. The number of carbonyl (C=O) groups is 1. The van der Waals surface area contributed by atoms with Crippen LogP contribution in [0.15, 0.2) is 41.3 Å². The molecule has 0 fully saturated rings. The monoisotopic (exact) mass is 366 g/mol. The molecule has 3 N–H and O–H groups in total. The Hall–Kier alpha value is -2.09. The molecule has 0 saturated heterocycles. The van der Waals surface area contributed by atoms with E-state index in [9.17, 15) is 13.2 Å². The summed E-state index contributed by atoms with van der Waals surface area (Å²) >= 11 is 5.93. The van der Waals surface area contributed by atoms with Crippen molar-refractivity contribution in [2.24, 2.45) is 5.14 Å². The van der Waals surface area contributed by atoms with Gasteiger partial charge in [0.15, 0.2) is 6.10 Å². The van der Waals surface area contributed by atoms with E-state index in [0.29, 0.717) is 28.4 Å². The molecule has 0 aliphatic carbocycles. The quantitative estimate of drug-likeness (QED) is 0.870. The third-order valence-electron chi connectivity index (χ3n) is 3.75. The van der Waals surface area contributed by atoms with Crippen molar-refractivity contribution in [2.45, 2.75) is 24.3 Å². The van der Waals surface area contributed by atoms with Gasteiger partial charge in [-0.05, 0) is 48.4 Å². The largest absolute Gasteiger partial charge is 0.480 e. The minimum atomic E-state index is -3.86. The van der Waals surface area contributed by atoms with E-state index in [0.717, 1.165) is 5.56 Å². The standard InChI is InChI=1S/C16H15ClN2O4S/c1-9-2-4-12(8-15(9)24(18,21)22)19-16(20)14-7-10-6-11(17)3-5-13(10)23-14/h2-6,8,14H,7H2,1H3,(H,19,20)(H2,18,21,22). The number of primary sulfonamides is 1. The second kappa shape index (κ2) is 6.08. The second-order valence-electron chi connectivity index (χ2n) is 5.58. The molecule has 0 aromatic heterocycles. The molecule has 1 atom stereocenters. The number of carbonyl (C=O) groups excluding carboxylic acids is 1. The number of hydrogen-bond acceptors (Lipinski definition) is 4. The molecule has 0 spiro atoms. The van der Waals surface area contributed by atoms with E-state index in [1.165, 1.54) is 6.07 Å². The SMILES string of the molecule is Cc1ccc(NC(=O)C2Cc3cc(Cl)ccc3O2)cc1S(N)(=O)=O. The number of fused-ring (bicyclic) bond motifs is 1. The average Bonchev–Trinajstić information content (AvgIpc) is 2.91. The zero-order valence-electron chi connectivity index (χ0n) is 12.7. The normalized spacial score (nSPS) is 16.4. The molecule has 2 aromatic rings. The van der Waals surface area contributed by atoms with Crippen molar-refractivity contribution >= 4 is 33.2 Å². The molecule has 6 nitrogen and oxygen atoms in total. The summed E-state index contributed by atoms with van der Waals surface area (Å²) < 4.78 is 28.7. The number of hydrogen-bond donors (Lipinski definition) is 2. The number of aryl methyl sites for hydroxylation is 1. The van der Waals surface area contributed by atoms with Crippen LogP contribution in [-0.2, 0) is 21.2 Å². The third kappa shape index (κ3) is 3.38. The Kier molecular flexibility index (Phi) is 4.25. The van der Waals surface area contributed by atoms with E-state index >= 15 is 0 Å². The Balaban J connectivity index is 1.77. The van der Waals surface area contributed by atoms with Crippen molar-refractivity contribution in [1.29, 1.82) is 0 Å². The van der Waals surface area contributed by atoms with E-state index in [4.69, 9.17) is 21.5 Å². The molecule has 1 heterocycles. The van der Waals surface area contributed by atoms with Crippen molar-refractivity contribution in [3.63, 3.8) is 0 Å². The van der Waals surface area contributed by atoms with Crippen LogP contribution >= 0.6 is 11.6 Å². The number of benzene rings is 2. The highest BCUT2D eigenvalue weighted by Crippen LogP contribution is 2.31. The van der Waals surface area contributed by atoms with E-state index in [1.54, 1.807) is 37.3 Å². The molecule has 1 unspecified atom stereocenters. The lowest BCUT2D eigenvalue weighted by atomic mass is 10.1. The van der Waals surface area contributed by atoms with Gasteiger partial charge in [0.1, 0.15) is 5.75 Å². The van der Waals surface area contributed by atoms with E-state index in [2.05, 4.69) is 5.32 Å². The Labute approximate surface area is 144 Å². The summed E-state index contributed by atoms with van der Waals surface area (Å²) in [5.41, 5.74) is 1.71. The molecule has 1 amide bonds. The minimum absolute atomic E-state index is 0.0253. The molecule has 0 bridgehead atoms. The Morgan fingerprint density at radius 3 is 2.75 bits per heavy atom. The maximum absolute atomic E-state index is 12.4. The fourth-order valence-electron chi connectivity index (χ4n) is 2.57. The van der Waals surface area contributed by atoms with Gasteiger partial charge in [-0.1, -0.05) is 17.7 Å². The van der Waals surface area contributed by atoms with E-state index in [1.807, 2.05) is 0 Å². The van der Waals surface area contributed by atoms with E-state index < -0.39 is 16.1 Å². The molecule has 1 aliphatic heterocycles. The van der Waals surface area contributed by atoms with Crippen molar-refractivity contribution < 1.29 is 17.9 Å². The number of nitrogens with two attached hydrogens (primary N) is 1. The first-order chi connectivity index (χ1) is 11.2. The van der Waals surface area contributed by atoms with Crippen LogP contribution in [-0.4, -0.2) is 20.4 Å².